The lowest BCUT2D eigenvalue weighted by atomic mass is 9.96. The molecule has 0 saturated heterocycles. The first-order valence-electron chi connectivity index (χ1n) is 5.90. The van der Waals surface area contributed by atoms with E-state index in [1.165, 1.54) is 0 Å². The molecule has 0 aromatic carbocycles. The molecule has 5 heteroatoms. The Bertz CT molecular complexity index is 459. The fourth-order valence-electron chi connectivity index (χ4n) is 1.42. The number of rotatable bonds is 3. The first-order chi connectivity index (χ1) is 8.25. The number of nitrogens with zero attached hydrogens (tertiary/aromatic N) is 4. The van der Waals surface area contributed by atoms with Gasteiger partial charge in [-0.15, -0.1) is 0 Å². The van der Waals surface area contributed by atoms with Crippen molar-refractivity contribution in [2.75, 3.05) is 11.9 Å². The van der Waals surface area contributed by atoms with Crippen LogP contribution in [0.2, 0.25) is 5.15 Å². The van der Waals surface area contributed by atoms with Crippen LogP contribution < -0.4 is 4.90 Å². The van der Waals surface area contributed by atoms with Crippen LogP contribution >= 0.6 is 11.6 Å². The Morgan fingerprint density at radius 2 is 2.06 bits per heavy atom. The summed E-state index contributed by atoms with van der Waals surface area (Å²) < 4.78 is 0. The van der Waals surface area contributed by atoms with Crippen molar-refractivity contribution in [3.8, 4) is 6.07 Å². The number of hydrogen-bond acceptors (Lipinski definition) is 4. The predicted molar refractivity (Wildman–Crippen MR) is 73.8 cm³/mol. The summed E-state index contributed by atoms with van der Waals surface area (Å²) in [5.41, 5.74) is -0.154. The smallest absolute Gasteiger partial charge is 0.137 e. The molecule has 1 aromatic heterocycles. The maximum Gasteiger partial charge on any atom is 0.137 e. The van der Waals surface area contributed by atoms with Gasteiger partial charge in [-0.05, 0) is 6.92 Å². The summed E-state index contributed by atoms with van der Waals surface area (Å²) in [7, 11) is 1.91. The van der Waals surface area contributed by atoms with Gasteiger partial charge in [0, 0.05) is 24.6 Å². The van der Waals surface area contributed by atoms with Crippen LogP contribution in [0.1, 0.15) is 39.9 Å². The van der Waals surface area contributed by atoms with Gasteiger partial charge in [0.2, 0.25) is 0 Å². The van der Waals surface area contributed by atoms with Crippen LogP contribution in [0.3, 0.4) is 0 Å². The predicted octanol–water partition coefficient (Wildman–Crippen LogP) is 3.17. The van der Waals surface area contributed by atoms with Crippen LogP contribution in [0.25, 0.3) is 0 Å². The van der Waals surface area contributed by atoms with Crippen LogP contribution in [-0.2, 0) is 5.41 Å². The number of nitriles is 1. The average Bonchev–Trinajstić information content (AvgIpc) is 2.26. The fourth-order valence-corrected chi connectivity index (χ4v) is 1.59. The highest BCUT2D eigenvalue weighted by Crippen LogP contribution is 2.24. The molecule has 1 aromatic rings. The standard InChI is InChI=1S/C13H19ClN4/c1-9(6-7-15)18(5)11-8-10(14)16-12(17-11)13(2,3)4/h8-9H,6H2,1-5H3. The maximum absolute atomic E-state index is 8.74. The molecule has 0 fully saturated rings. The van der Waals surface area contributed by atoms with Gasteiger partial charge in [-0.1, -0.05) is 32.4 Å². The minimum Gasteiger partial charge on any atom is -0.356 e. The topological polar surface area (TPSA) is 52.8 Å². The van der Waals surface area contributed by atoms with Gasteiger partial charge >= 0.3 is 0 Å². The number of halogens is 1. The third-order valence-electron chi connectivity index (χ3n) is 2.76. The molecule has 1 atom stereocenters. The van der Waals surface area contributed by atoms with Gasteiger partial charge in [0.15, 0.2) is 0 Å². The van der Waals surface area contributed by atoms with E-state index in [-0.39, 0.29) is 11.5 Å². The molecule has 0 aliphatic rings. The molecule has 98 valence electrons. The third-order valence-corrected chi connectivity index (χ3v) is 2.96. The lowest BCUT2D eigenvalue weighted by Gasteiger charge is -2.26. The molecule has 0 saturated carbocycles. The second kappa shape index (κ2) is 5.53. The van der Waals surface area contributed by atoms with Gasteiger partial charge in [0.1, 0.15) is 16.8 Å². The molecule has 4 nitrogen and oxygen atoms in total. The molecule has 0 spiro atoms. The summed E-state index contributed by atoms with van der Waals surface area (Å²) >= 11 is 6.04. The lowest BCUT2D eigenvalue weighted by molar-refractivity contribution is 0.542. The van der Waals surface area contributed by atoms with E-state index in [4.69, 9.17) is 16.9 Å². The van der Waals surface area contributed by atoms with E-state index < -0.39 is 0 Å². The Morgan fingerprint density at radius 3 is 2.56 bits per heavy atom. The summed E-state index contributed by atoms with van der Waals surface area (Å²) in [4.78, 5) is 10.7. The van der Waals surface area contributed by atoms with Crippen molar-refractivity contribution in [1.82, 2.24) is 9.97 Å². The molecular formula is C13H19ClN4. The average molecular weight is 267 g/mol. The van der Waals surface area contributed by atoms with E-state index in [0.717, 1.165) is 5.82 Å². The fraction of sp³-hybridized carbons (Fsp3) is 0.615. The summed E-state index contributed by atoms with van der Waals surface area (Å²) in [6.45, 7) is 8.11. The van der Waals surface area contributed by atoms with Gasteiger partial charge in [-0.3, -0.25) is 0 Å². The minimum atomic E-state index is -0.154. The monoisotopic (exact) mass is 266 g/mol. The molecule has 0 bridgehead atoms. The van der Waals surface area contributed by atoms with E-state index in [0.29, 0.717) is 17.4 Å². The first-order valence-corrected chi connectivity index (χ1v) is 6.28. The highest BCUT2D eigenvalue weighted by Gasteiger charge is 2.20. The van der Waals surface area contributed by atoms with E-state index >= 15 is 0 Å². The van der Waals surface area contributed by atoms with Gasteiger partial charge in [-0.2, -0.15) is 5.26 Å². The van der Waals surface area contributed by atoms with Crippen molar-refractivity contribution >= 4 is 17.4 Å². The van der Waals surface area contributed by atoms with Crippen LogP contribution in [-0.4, -0.2) is 23.1 Å². The second-order valence-corrected chi connectivity index (χ2v) is 5.83. The summed E-state index contributed by atoms with van der Waals surface area (Å²) in [5, 5.41) is 9.17. The molecule has 1 heterocycles. The van der Waals surface area contributed by atoms with Crippen molar-refractivity contribution in [2.24, 2.45) is 0 Å². The highest BCUT2D eigenvalue weighted by atomic mass is 35.5. The zero-order valence-electron chi connectivity index (χ0n) is 11.5. The number of hydrogen-bond donors (Lipinski definition) is 0. The van der Waals surface area contributed by atoms with Crippen LogP contribution in [0.5, 0.6) is 0 Å². The minimum absolute atomic E-state index is 0.0915. The highest BCUT2D eigenvalue weighted by molar-refractivity contribution is 6.29. The molecule has 0 amide bonds. The van der Waals surface area contributed by atoms with E-state index in [1.807, 2.05) is 39.6 Å². The zero-order chi connectivity index (χ0) is 13.9. The van der Waals surface area contributed by atoms with Crippen molar-refractivity contribution in [3.05, 3.63) is 17.0 Å². The number of anilines is 1. The molecule has 0 radical (unpaired) electrons. The quantitative estimate of drug-likeness (QED) is 0.789. The molecule has 1 unspecified atom stereocenters. The Morgan fingerprint density at radius 1 is 1.44 bits per heavy atom. The van der Waals surface area contributed by atoms with Crippen LogP contribution in [0.4, 0.5) is 5.82 Å². The van der Waals surface area contributed by atoms with Gasteiger partial charge in [-0.25, -0.2) is 9.97 Å². The largest absolute Gasteiger partial charge is 0.356 e. The molecule has 0 aliphatic carbocycles. The summed E-state index contributed by atoms with van der Waals surface area (Å²) in [6, 6.07) is 3.98. The van der Waals surface area contributed by atoms with E-state index in [1.54, 1.807) is 6.07 Å². The summed E-state index contributed by atoms with van der Waals surface area (Å²) in [5.74, 6) is 1.46. The lowest BCUT2D eigenvalue weighted by Crippen LogP contribution is -2.30. The second-order valence-electron chi connectivity index (χ2n) is 5.44. The van der Waals surface area contributed by atoms with Crippen molar-refractivity contribution < 1.29 is 0 Å². The molecular weight excluding hydrogens is 248 g/mol. The molecule has 0 N–H and O–H groups in total. The number of aromatic nitrogens is 2. The Balaban J connectivity index is 3.11. The Labute approximate surface area is 114 Å². The van der Waals surface area contributed by atoms with Gasteiger partial charge in [0.05, 0.1) is 12.5 Å². The van der Waals surface area contributed by atoms with Crippen molar-refractivity contribution in [2.45, 2.75) is 45.6 Å². The Kier molecular flexibility index (Phi) is 4.53. The first kappa shape index (κ1) is 14.7. The summed E-state index contributed by atoms with van der Waals surface area (Å²) in [6.07, 6.45) is 0.447. The van der Waals surface area contributed by atoms with E-state index in [9.17, 15) is 0 Å². The Hall–Kier alpha value is -1.34. The SMILES string of the molecule is CC(CC#N)N(C)c1cc(Cl)nc(C(C)(C)C)n1. The van der Waals surface area contributed by atoms with Crippen LogP contribution in [0.15, 0.2) is 6.07 Å². The molecule has 18 heavy (non-hydrogen) atoms. The maximum atomic E-state index is 8.74. The third kappa shape index (κ3) is 3.58. The molecule has 0 aliphatic heterocycles. The molecule has 1 rings (SSSR count). The van der Waals surface area contributed by atoms with Gasteiger partial charge in [0.25, 0.3) is 0 Å². The van der Waals surface area contributed by atoms with Crippen molar-refractivity contribution in [3.63, 3.8) is 0 Å². The van der Waals surface area contributed by atoms with Gasteiger partial charge < -0.3 is 4.90 Å². The van der Waals surface area contributed by atoms with Crippen molar-refractivity contribution in [1.29, 1.82) is 5.26 Å². The zero-order valence-corrected chi connectivity index (χ0v) is 12.3. The normalized spacial score (nSPS) is 12.9. The van der Waals surface area contributed by atoms with E-state index in [2.05, 4.69) is 16.0 Å². The van der Waals surface area contributed by atoms with Crippen LogP contribution in [0, 0.1) is 11.3 Å².